The first-order valence-corrected chi connectivity index (χ1v) is 10.6. The molecule has 0 aliphatic heterocycles. The number of hydrogen-bond acceptors (Lipinski definition) is 7. The second-order valence-corrected chi connectivity index (χ2v) is 7.57. The molecule has 0 bridgehead atoms. The number of rotatable bonds is 7. The topological polar surface area (TPSA) is 86.1 Å². The van der Waals surface area contributed by atoms with E-state index in [4.69, 9.17) is 19.4 Å². The first kappa shape index (κ1) is 20.6. The van der Waals surface area contributed by atoms with Crippen molar-refractivity contribution in [1.29, 1.82) is 0 Å². The maximum atomic E-state index is 5.50. The Morgan fingerprint density at radius 3 is 2.30 bits per heavy atom. The van der Waals surface area contributed by atoms with Crippen LogP contribution in [0.25, 0.3) is 21.9 Å². The summed E-state index contributed by atoms with van der Waals surface area (Å²) in [5, 5.41) is 7.55. The number of methoxy groups -OCH3 is 2. The molecule has 8 heteroatoms. The molecule has 5 rings (SSSR count). The van der Waals surface area contributed by atoms with Crippen molar-refractivity contribution in [2.24, 2.45) is 7.05 Å². The number of aryl methyl sites for hydroxylation is 1. The van der Waals surface area contributed by atoms with Gasteiger partial charge in [-0.3, -0.25) is 5.32 Å². The molecular weight excluding hydrogens is 416 g/mol. The maximum absolute atomic E-state index is 5.50. The van der Waals surface area contributed by atoms with Crippen LogP contribution >= 0.6 is 0 Å². The molecule has 0 fully saturated rings. The second kappa shape index (κ2) is 8.66. The molecule has 0 amide bonds. The van der Waals surface area contributed by atoms with E-state index in [0.29, 0.717) is 35.8 Å². The van der Waals surface area contributed by atoms with Gasteiger partial charge in [-0.1, -0.05) is 42.5 Å². The second-order valence-electron chi connectivity index (χ2n) is 7.57. The van der Waals surface area contributed by atoms with Crippen LogP contribution in [-0.4, -0.2) is 33.7 Å². The van der Waals surface area contributed by atoms with Gasteiger partial charge in [0, 0.05) is 25.0 Å². The van der Waals surface area contributed by atoms with E-state index in [1.807, 2.05) is 66.2 Å². The number of hydrogen-bond donors (Lipinski definition) is 2. The van der Waals surface area contributed by atoms with Gasteiger partial charge < -0.3 is 19.4 Å². The molecule has 166 valence electrons. The quantitative estimate of drug-likeness (QED) is 0.373. The number of para-hydroxylation sites is 2. The molecule has 0 saturated heterocycles. The largest absolute Gasteiger partial charge is 0.493 e. The lowest BCUT2D eigenvalue weighted by Crippen LogP contribution is -2.08. The SMILES string of the molecule is COc1cc2nc(Nc3nc4ccccc4n3C)nc(NCc3ccccc3)c2cc1OC. The number of imidazole rings is 1. The van der Waals surface area contributed by atoms with Crippen LogP contribution in [0.2, 0.25) is 0 Å². The highest BCUT2D eigenvalue weighted by molar-refractivity contribution is 5.93. The summed E-state index contributed by atoms with van der Waals surface area (Å²) in [4.78, 5) is 14.2. The Kier molecular flexibility index (Phi) is 5.40. The first-order chi connectivity index (χ1) is 16.2. The van der Waals surface area contributed by atoms with Gasteiger partial charge in [0.05, 0.1) is 30.8 Å². The monoisotopic (exact) mass is 440 g/mol. The normalized spacial score (nSPS) is 11.0. The number of nitrogens with zero attached hydrogens (tertiary/aromatic N) is 4. The third-order valence-corrected chi connectivity index (χ3v) is 5.51. The van der Waals surface area contributed by atoms with Gasteiger partial charge in [0.15, 0.2) is 11.5 Å². The van der Waals surface area contributed by atoms with Crippen molar-refractivity contribution in [3.05, 3.63) is 72.3 Å². The summed E-state index contributed by atoms with van der Waals surface area (Å²) >= 11 is 0. The fourth-order valence-corrected chi connectivity index (χ4v) is 3.79. The van der Waals surface area contributed by atoms with Gasteiger partial charge in [-0.05, 0) is 23.8 Å². The molecule has 0 spiro atoms. The summed E-state index contributed by atoms with van der Waals surface area (Å²) in [5.74, 6) is 3.00. The molecule has 2 N–H and O–H groups in total. The van der Waals surface area contributed by atoms with Gasteiger partial charge in [-0.25, -0.2) is 9.97 Å². The number of benzene rings is 3. The standard InChI is InChI=1S/C25H24N6O2/c1-31-20-12-8-7-11-18(20)28-25(31)30-24-27-19-14-22(33-3)21(32-2)13-17(19)23(29-24)26-15-16-9-5-4-6-10-16/h4-14H,15H2,1-3H3,(H2,26,27,28,29,30). The van der Waals surface area contributed by atoms with E-state index >= 15 is 0 Å². The van der Waals surface area contributed by atoms with Crippen molar-refractivity contribution in [2.75, 3.05) is 24.9 Å². The van der Waals surface area contributed by atoms with E-state index in [0.717, 1.165) is 27.5 Å². The number of nitrogens with one attached hydrogen (secondary N) is 2. The minimum atomic E-state index is 0.434. The summed E-state index contributed by atoms with van der Waals surface area (Å²) in [7, 11) is 5.18. The van der Waals surface area contributed by atoms with E-state index < -0.39 is 0 Å². The Hall–Kier alpha value is -4.33. The minimum absolute atomic E-state index is 0.434. The molecule has 0 atom stereocenters. The highest BCUT2D eigenvalue weighted by Gasteiger charge is 2.15. The molecule has 0 saturated carbocycles. The molecule has 2 aromatic heterocycles. The average molecular weight is 441 g/mol. The van der Waals surface area contributed by atoms with E-state index in [1.54, 1.807) is 14.2 Å². The maximum Gasteiger partial charge on any atom is 0.232 e. The molecule has 0 aliphatic carbocycles. The van der Waals surface area contributed by atoms with Crippen LogP contribution < -0.4 is 20.1 Å². The van der Waals surface area contributed by atoms with Gasteiger partial charge in [0.2, 0.25) is 11.9 Å². The molecule has 8 nitrogen and oxygen atoms in total. The average Bonchev–Trinajstić information content (AvgIpc) is 3.17. The number of ether oxygens (including phenoxy) is 2. The van der Waals surface area contributed by atoms with Crippen molar-refractivity contribution < 1.29 is 9.47 Å². The zero-order valence-corrected chi connectivity index (χ0v) is 18.7. The van der Waals surface area contributed by atoms with Gasteiger partial charge in [0.1, 0.15) is 5.82 Å². The lowest BCUT2D eigenvalue weighted by Gasteiger charge is -2.14. The predicted molar refractivity (Wildman–Crippen MR) is 130 cm³/mol. The minimum Gasteiger partial charge on any atom is -0.493 e. The summed E-state index contributed by atoms with van der Waals surface area (Å²) < 4.78 is 13.0. The summed E-state index contributed by atoms with van der Waals surface area (Å²) in [6.45, 7) is 0.618. The van der Waals surface area contributed by atoms with Crippen LogP contribution in [0, 0.1) is 0 Å². The lowest BCUT2D eigenvalue weighted by molar-refractivity contribution is 0.356. The van der Waals surface area contributed by atoms with Crippen molar-refractivity contribution in [3.63, 3.8) is 0 Å². The van der Waals surface area contributed by atoms with Gasteiger partial charge in [0.25, 0.3) is 0 Å². The Morgan fingerprint density at radius 2 is 1.55 bits per heavy atom. The molecule has 2 heterocycles. The highest BCUT2D eigenvalue weighted by atomic mass is 16.5. The van der Waals surface area contributed by atoms with Crippen LogP contribution in [0.3, 0.4) is 0 Å². The molecule has 0 radical (unpaired) electrons. The molecule has 3 aromatic carbocycles. The number of anilines is 3. The summed E-state index contributed by atoms with van der Waals surface area (Å²) in [6.07, 6.45) is 0. The third kappa shape index (κ3) is 3.98. The smallest absolute Gasteiger partial charge is 0.232 e. The van der Waals surface area contributed by atoms with Crippen LogP contribution in [-0.2, 0) is 13.6 Å². The van der Waals surface area contributed by atoms with Crippen molar-refractivity contribution in [3.8, 4) is 11.5 Å². The Morgan fingerprint density at radius 1 is 0.818 bits per heavy atom. The first-order valence-electron chi connectivity index (χ1n) is 10.6. The molecule has 5 aromatic rings. The fourth-order valence-electron chi connectivity index (χ4n) is 3.79. The van der Waals surface area contributed by atoms with E-state index in [9.17, 15) is 0 Å². The van der Waals surface area contributed by atoms with Crippen LogP contribution in [0.5, 0.6) is 11.5 Å². The summed E-state index contributed by atoms with van der Waals surface area (Å²) in [6, 6.07) is 21.9. The highest BCUT2D eigenvalue weighted by Crippen LogP contribution is 2.35. The Balaban J connectivity index is 1.58. The van der Waals surface area contributed by atoms with Gasteiger partial charge in [-0.15, -0.1) is 0 Å². The number of fused-ring (bicyclic) bond motifs is 2. The molecule has 0 unspecified atom stereocenters. The van der Waals surface area contributed by atoms with Crippen LogP contribution in [0.15, 0.2) is 66.7 Å². The van der Waals surface area contributed by atoms with E-state index in [-0.39, 0.29) is 0 Å². The lowest BCUT2D eigenvalue weighted by atomic mass is 10.2. The van der Waals surface area contributed by atoms with E-state index in [2.05, 4.69) is 27.8 Å². The summed E-state index contributed by atoms with van der Waals surface area (Å²) in [5.41, 5.74) is 3.79. The van der Waals surface area contributed by atoms with Gasteiger partial charge in [-0.2, -0.15) is 4.98 Å². The van der Waals surface area contributed by atoms with Crippen LogP contribution in [0.1, 0.15) is 5.56 Å². The predicted octanol–water partition coefficient (Wildman–Crippen LogP) is 4.89. The zero-order chi connectivity index (χ0) is 22.8. The Labute approximate surface area is 191 Å². The van der Waals surface area contributed by atoms with E-state index in [1.165, 1.54) is 0 Å². The third-order valence-electron chi connectivity index (χ3n) is 5.51. The molecular formula is C25H24N6O2. The van der Waals surface area contributed by atoms with Gasteiger partial charge >= 0.3 is 0 Å². The molecule has 33 heavy (non-hydrogen) atoms. The van der Waals surface area contributed by atoms with Crippen molar-refractivity contribution >= 4 is 39.7 Å². The molecule has 0 aliphatic rings. The van der Waals surface area contributed by atoms with Crippen molar-refractivity contribution in [1.82, 2.24) is 19.5 Å². The Bertz CT molecular complexity index is 1430. The zero-order valence-electron chi connectivity index (χ0n) is 18.7. The fraction of sp³-hybridized carbons (Fsp3) is 0.160. The van der Waals surface area contributed by atoms with Crippen molar-refractivity contribution in [2.45, 2.75) is 6.54 Å². The van der Waals surface area contributed by atoms with Crippen LogP contribution in [0.4, 0.5) is 17.7 Å². The number of aromatic nitrogens is 4.